The molecule has 0 aliphatic rings. The Morgan fingerprint density at radius 2 is 1.81 bits per heavy atom. The Hall–Kier alpha value is -2.26. The number of halogens is 1. The van der Waals surface area contributed by atoms with Crippen molar-refractivity contribution in [2.24, 2.45) is 0 Å². The molecular formula is C18H17FN2. The van der Waals surface area contributed by atoms with Crippen LogP contribution in [0.25, 0.3) is 10.9 Å². The first-order valence-corrected chi connectivity index (χ1v) is 7.12. The molecule has 2 aromatic carbocycles. The number of hydrogen-bond acceptors (Lipinski definition) is 2. The maximum absolute atomic E-state index is 13.2. The molecular weight excluding hydrogens is 263 g/mol. The van der Waals surface area contributed by atoms with Gasteiger partial charge in [0.05, 0.1) is 11.6 Å². The van der Waals surface area contributed by atoms with E-state index in [4.69, 9.17) is 0 Å². The van der Waals surface area contributed by atoms with Crippen molar-refractivity contribution in [1.82, 2.24) is 10.3 Å². The molecule has 0 radical (unpaired) electrons. The molecule has 106 valence electrons. The molecule has 0 aliphatic heterocycles. The third kappa shape index (κ3) is 2.78. The molecule has 1 unspecified atom stereocenters. The summed E-state index contributed by atoms with van der Waals surface area (Å²) in [4.78, 5) is 4.40. The van der Waals surface area contributed by atoms with E-state index in [1.165, 1.54) is 12.1 Å². The van der Waals surface area contributed by atoms with E-state index in [-0.39, 0.29) is 11.9 Å². The van der Waals surface area contributed by atoms with Gasteiger partial charge in [-0.05, 0) is 41.9 Å². The molecule has 3 aromatic rings. The standard InChI is InChI=1S/C18H17FN2/c1-2-20-18(13-7-9-14(19)10-8-13)16-11-12-21-17-6-4-3-5-15(16)17/h3-12,18,20H,2H2,1H3. The van der Waals surface area contributed by atoms with Crippen LogP contribution in [0.5, 0.6) is 0 Å². The topological polar surface area (TPSA) is 24.9 Å². The van der Waals surface area contributed by atoms with E-state index in [2.05, 4.69) is 23.3 Å². The van der Waals surface area contributed by atoms with Crippen molar-refractivity contribution >= 4 is 10.9 Å². The zero-order chi connectivity index (χ0) is 14.7. The van der Waals surface area contributed by atoms with Crippen LogP contribution in [0.2, 0.25) is 0 Å². The van der Waals surface area contributed by atoms with Gasteiger partial charge < -0.3 is 5.32 Å². The Morgan fingerprint density at radius 1 is 1.05 bits per heavy atom. The van der Waals surface area contributed by atoms with E-state index in [0.29, 0.717) is 0 Å². The quantitative estimate of drug-likeness (QED) is 0.779. The fourth-order valence-corrected chi connectivity index (χ4v) is 2.64. The zero-order valence-electron chi connectivity index (χ0n) is 11.9. The number of pyridine rings is 1. The predicted octanol–water partition coefficient (Wildman–Crippen LogP) is 4.07. The van der Waals surface area contributed by atoms with Crippen LogP contribution in [-0.4, -0.2) is 11.5 Å². The average molecular weight is 280 g/mol. The summed E-state index contributed by atoms with van der Waals surface area (Å²) in [7, 11) is 0. The first kappa shape index (κ1) is 13.7. The summed E-state index contributed by atoms with van der Waals surface area (Å²) in [5, 5.41) is 4.60. The minimum Gasteiger partial charge on any atom is -0.307 e. The molecule has 0 fully saturated rings. The number of nitrogens with one attached hydrogen (secondary N) is 1. The minimum absolute atomic E-state index is 0.0310. The van der Waals surface area contributed by atoms with Crippen LogP contribution in [0.15, 0.2) is 60.8 Å². The summed E-state index contributed by atoms with van der Waals surface area (Å²) in [5.74, 6) is -0.214. The molecule has 21 heavy (non-hydrogen) atoms. The van der Waals surface area contributed by atoms with Crippen molar-refractivity contribution in [1.29, 1.82) is 0 Å². The zero-order valence-corrected chi connectivity index (χ0v) is 11.9. The lowest BCUT2D eigenvalue weighted by Gasteiger charge is -2.20. The molecule has 0 saturated carbocycles. The van der Waals surface area contributed by atoms with Gasteiger partial charge in [-0.15, -0.1) is 0 Å². The van der Waals surface area contributed by atoms with Gasteiger partial charge in [0.25, 0.3) is 0 Å². The second-order valence-corrected chi connectivity index (χ2v) is 4.96. The first-order chi connectivity index (χ1) is 10.3. The predicted molar refractivity (Wildman–Crippen MR) is 83.7 cm³/mol. The molecule has 2 nitrogen and oxygen atoms in total. The first-order valence-electron chi connectivity index (χ1n) is 7.12. The summed E-state index contributed by atoms with van der Waals surface area (Å²) in [6.45, 7) is 2.90. The summed E-state index contributed by atoms with van der Waals surface area (Å²) in [6.07, 6.45) is 1.82. The van der Waals surface area contributed by atoms with Gasteiger partial charge in [0.1, 0.15) is 5.82 Å². The summed E-state index contributed by atoms with van der Waals surface area (Å²) < 4.78 is 13.2. The van der Waals surface area contributed by atoms with Crippen LogP contribution in [-0.2, 0) is 0 Å². The van der Waals surface area contributed by atoms with Crippen molar-refractivity contribution in [2.75, 3.05) is 6.54 Å². The van der Waals surface area contributed by atoms with Crippen LogP contribution in [0, 0.1) is 5.82 Å². The maximum atomic E-state index is 13.2. The molecule has 0 bridgehead atoms. The van der Waals surface area contributed by atoms with Gasteiger partial charge in [-0.3, -0.25) is 4.98 Å². The number of nitrogens with zero attached hydrogens (tertiary/aromatic N) is 1. The Bertz CT molecular complexity index is 732. The van der Waals surface area contributed by atoms with Gasteiger partial charge in [-0.25, -0.2) is 4.39 Å². The maximum Gasteiger partial charge on any atom is 0.123 e. The van der Waals surface area contributed by atoms with Crippen molar-refractivity contribution in [3.05, 3.63) is 77.7 Å². The molecule has 0 aliphatic carbocycles. The highest BCUT2D eigenvalue weighted by molar-refractivity contribution is 5.82. The molecule has 0 saturated heterocycles. The average Bonchev–Trinajstić information content (AvgIpc) is 2.53. The van der Waals surface area contributed by atoms with Crippen LogP contribution in [0.3, 0.4) is 0 Å². The fraction of sp³-hybridized carbons (Fsp3) is 0.167. The largest absolute Gasteiger partial charge is 0.307 e. The smallest absolute Gasteiger partial charge is 0.123 e. The SMILES string of the molecule is CCNC(c1ccc(F)cc1)c1ccnc2ccccc12. The lowest BCUT2D eigenvalue weighted by Crippen LogP contribution is -2.22. The normalized spacial score (nSPS) is 12.5. The molecule has 1 N–H and O–H groups in total. The lowest BCUT2D eigenvalue weighted by atomic mass is 9.95. The van der Waals surface area contributed by atoms with E-state index in [9.17, 15) is 4.39 Å². The summed E-state index contributed by atoms with van der Waals surface area (Å²) in [5.41, 5.74) is 3.18. The van der Waals surface area contributed by atoms with Gasteiger partial charge in [-0.2, -0.15) is 0 Å². The highest BCUT2D eigenvalue weighted by Gasteiger charge is 2.15. The third-order valence-corrected chi connectivity index (χ3v) is 3.61. The Balaban J connectivity index is 2.13. The van der Waals surface area contributed by atoms with Gasteiger partial charge in [0, 0.05) is 11.6 Å². The van der Waals surface area contributed by atoms with Crippen molar-refractivity contribution in [2.45, 2.75) is 13.0 Å². The molecule has 1 atom stereocenters. The third-order valence-electron chi connectivity index (χ3n) is 3.61. The van der Waals surface area contributed by atoms with Crippen LogP contribution in [0.4, 0.5) is 4.39 Å². The molecule has 0 amide bonds. The van der Waals surface area contributed by atoms with Gasteiger partial charge in [-0.1, -0.05) is 37.3 Å². The highest BCUT2D eigenvalue weighted by atomic mass is 19.1. The Kier molecular flexibility index (Phi) is 3.93. The molecule has 1 aromatic heterocycles. The second-order valence-electron chi connectivity index (χ2n) is 4.96. The van der Waals surface area contributed by atoms with Gasteiger partial charge >= 0.3 is 0 Å². The number of para-hydroxylation sites is 1. The molecule has 3 heteroatoms. The van der Waals surface area contributed by atoms with Gasteiger partial charge in [0.2, 0.25) is 0 Å². The summed E-state index contributed by atoms with van der Waals surface area (Å²) in [6, 6.07) is 16.8. The number of benzene rings is 2. The van der Waals surface area contributed by atoms with E-state index in [1.54, 1.807) is 0 Å². The van der Waals surface area contributed by atoms with Crippen LogP contribution < -0.4 is 5.32 Å². The molecule has 3 rings (SSSR count). The van der Waals surface area contributed by atoms with E-state index in [1.807, 2.05) is 42.6 Å². The second kappa shape index (κ2) is 6.02. The Labute approximate surface area is 123 Å². The number of aromatic nitrogens is 1. The van der Waals surface area contributed by atoms with Gasteiger partial charge in [0.15, 0.2) is 0 Å². The Morgan fingerprint density at radius 3 is 2.57 bits per heavy atom. The lowest BCUT2D eigenvalue weighted by molar-refractivity contribution is 0.615. The molecule has 1 heterocycles. The number of rotatable bonds is 4. The van der Waals surface area contributed by atoms with Crippen LogP contribution in [0.1, 0.15) is 24.1 Å². The monoisotopic (exact) mass is 280 g/mol. The highest BCUT2D eigenvalue weighted by Crippen LogP contribution is 2.28. The van der Waals surface area contributed by atoms with E-state index < -0.39 is 0 Å². The van der Waals surface area contributed by atoms with E-state index >= 15 is 0 Å². The minimum atomic E-state index is -0.214. The fourth-order valence-electron chi connectivity index (χ4n) is 2.64. The number of fused-ring (bicyclic) bond motifs is 1. The van der Waals surface area contributed by atoms with Crippen molar-refractivity contribution < 1.29 is 4.39 Å². The van der Waals surface area contributed by atoms with Crippen molar-refractivity contribution in [3.8, 4) is 0 Å². The van der Waals surface area contributed by atoms with E-state index in [0.717, 1.165) is 28.6 Å². The number of hydrogen-bond donors (Lipinski definition) is 1. The van der Waals surface area contributed by atoms with Crippen molar-refractivity contribution in [3.63, 3.8) is 0 Å². The molecule has 0 spiro atoms. The summed E-state index contributed by atoms with van der Waals surface area (Å²) >= 11 is 0. The van der Waals surface area contributed by atoms with Crippen LogP contribution >= 0.6 is 0 Å².